The summed E-state index contributed by atoms with van der Waals surface area (Å²) in [5.41, 5.74) is 4.92. The maximum absolute atomic E-state index is 6.03. The SMILES string of the molecule is Clc1cccc(/C=N\NCc2ccccc2Cl)c1. The number of nitrogens with zero attached hydrogens (tertiary/aromatic N) is 1. The highest BCUT2D eigenvalue weighted by molar-refractivity contribution is 6.31. The minimum absolute atomic E-state index is 0.594. The lowest BCUT2D eigenvalue weighted by atomic mass is 10.2. The van der Waals surface area contributed by atoms with E-state index in [4.69, 9.17) is 23.2 Å². The van der Waals surface area contributed by atoms with Crippen LogP contribution >= 0.6 is 23.2 Å². The number of halogens is 2. The summed E-state index contributed by atoms with van der Waals surface area (Å²) >= 11 is 11.9. The van der Waals surface area contributed by atoms with Crippen molar-refractivity contribution in [2.75, 3.05) is 0 Å². The normalized spacial score (nSPS) is 10.8. The number of hydrazone groups is 1. The maximum Gasteiger partial charge on any atom is 0.0594 e. The molecule has 0 saturated carbocycles. The number of nitrogens with one attached hydrogen (secondary N) is 1. The Hall–Kier alpha value is -1.51. The molecule has 2 nitrogen and oxygen atoms in total. The van der Waals surface area contributed by atoms with E-state index in [0.29, 0.717) is 11.6 Å². The lowest BCUT2D eigenvalue weighted by molar-refractivity contribution is 0.748. The summed E-state index contributed by atoms with van der Waals surface area (Å²) in [6.07, 6.45) is 1.72. The summed E-state index contributed by atoms with van der Waals surface area (Å²) in [5.74, 6) is 0. The molecule has 2 rings (SSSR count). The van der Waals surface area contributed by atoms with Crippen LogP contribution in [0.5, 0.6) is 0 Å². The fourth-order valence-corrected chi connectivity index (χ4v) is 1.88. The van der Waals surface area contributed by atoms with Crippen molar-refractivity contribution in [1.29, 1.82) is 0 Å². The first-order valence-electron chi connectivity index (χ1n) is 5.50. The maximum atomic E-state index is 6.03. The first kappa shape index (κ1) is 12.9. The molecule has 0 aliphatic carbocycles. The molecule has 4 heteroatoms. The Morgan fingerprint density at radius 1 is 1.06 bits per heavy atom. The summed E-state index contributed by atoms with van der Waals surface area (Å²) in [4.78, 5) is 0. The molecule has 0 saturated heterocycles. The third kappa shape index (κ3) is 3.76. The van der Waals surface area contributed by atoms with E-state index in [2.05, 4.69) is 10.5 Å². The lowest BCUT2D eigenvalue weighted by Gasteiger charge is -2.02. The van der Waals surface area contributed by atoms with Gasteiger partial charge >= 0.3 is 0 Å². The van der Waals surface area contributed by atoms with Crippen LogP contribution in [0.2, 0.25) is 10.0 Å². The Bertz CT molecular complexity index is 553. The molecule has 0 atom stereocenters. The van der Waals surface area contributed by atoms with E-state index in [1.807, 2.05) is 48.5 Å². The second-order valence-corrected chi connectivity index (χ2v) is 4.58. The molecule has 0 aliphatic heterocycles. The molecule has 0 bridgehead atoms. The van der Waals surface area contributed by atoms with Gasteiger partial charge in [-0.2, -0.15) is 5.10 Å². The third-order valence-electron chi connectivity index (χ3n) is 2.38. The van der Waals surface area contributed by atoms with Crippen LogP contribution in [0.15, 0.2) is 53.6 Å². The van der Waals surface area contributed by atoms with Crippen molar-refractivity contribution >= 4 is 29.4 Å². The average molecular weight is 279 g/mol. The van der Waals surface area contributed by atoms with Crippen molar-refractivity contribution in [2.45, 2.75) is 6.54 Å². The predicted molar refractivity (Wildman–Crippen MR) is 77.3 cm³/mol. The van der Waals surface area contributed by atoms with Crippen LogP contribution in [0, 0.1) is 0 Å². The zero-order valence-corrected chi connectivity index (χ0v) is 11.1. The monoisotopic (exact) mass is 278 g/mol. The average Bonchev–Trinajstić information content (AvgIpc) is 2.37. The smallest absolute Gasteiger partial charge is 0.0594 e. The van der Waals surface area contributed by atoms with Crippen LogP contribution in [0.1, 0.15) is 11.1 Å². The van der Waals surface area contributed by atoms with Gasteiger partial charge in [-0.05, 0) is 29.3 Å². The molecule has 0 fully saturated rings. The van der Waals surface area contributed by atoms with Crippen LogP contribution in [0.3, 0.4) is 0 Å². The fourth-order valence-electron chi connectivity index (χ4n) is 1.48. The van der Waals surface area contributed by atoms with E-state index in [1.165, 1.54) is 0 Å². The summed E-state index contributed by atoms with van der Waals surface area (Å²) in [7, 11) is 0. The van der Waals surface area contributed by atoms with Crippen molar-refractivity contribution in [3.8, 4) is 0 Å². The summed E-state index contributed by atoms with van der Waals surface area (Å²) in [6.45, 7) is 0.594. The van der Waals surface area contributed by atoms with Crippen molar-refractivity contribution in [3.05, 3.63) is 69.7 Å². The zero-order valence-electron chi connectivity index (χ0n) is 9.61. The van der Waals surface area contributed by atoms with Crippen LogP contribution in [-0.4, -0.2) is 6.21 Å². The van der Waals surface area contributed by atoms with E-state index in [-0.39, 0.29) is 0 Å². The second kappa shape index (κ2) is 6.43. The lowest BCUT2D eigenvalue weighted by Crippen LogP contribution is -2.05. The van der Waals surface area contributed by atoms with E-state index in [0.717, 1.165) is 16.1 Å². The molecule has 92 valence electrons. The minimum Gasteiger partial charge on any atom is -0.306 e. The molecule has 2 aromatic carbocycles. The summed E-state index contributed by atoms with van der Waals surface area (Å²) in [5, 5.41) is 5.56. The van der Waals surface area contributed by atoms with Crippen LogP contribution in [-0.2, 0) is 6.54 Å². The van der Waals surface area contributed by atoms with Gasteiger partial charge in [0.2, 0.25) is 0 Å². The largest absolute Gasteiger partial charge is 0.306 e. The van der Waals surface area contributed by atoms with Gasteiger partial charge in [0.05, 0.1) is 12.8 Å². The van der Waals surface area contributed by atoms with Gasteiger partial charge in [-0.3, -0.25) is 0 Å². The molecule has 0 unspecified atom stereocenters. The Morgan fingerprint density at radius 2 is 1.89 bits per heavy atom. The summed E-state index contributed by atoms with van der Waals surface area (Å²) < 4.78 is 0. The topological polar surface area (TPSA) is 24.4 Å². The van der Waals surface area contributed by atoms with E-state index in [9.17, 15) is 0 Å². The van der Waals surface area contributed by atoms with Crippen LogP contribution in [0.25, 0.3) is 0 Å². The molecule has 0 radical (unpaired) electrons. The quantitative estimate of drug-likeness (QED) is 0.660. The highest BCUT2D eigenvalue weighted by Gasteiger charge is 1.96. The van der Waals surface area contributed by atoms with Crippen molar-refractivity contribution in [1.82, 2.24) is 5.43 Å². The van der Waals surface area contributed by atoms with E-state index >= 15 is 0 Å². The van der Waals surface area contributed by atoms with Crippen molar-refractivity contribution in [3.63, 3.8) is 0 Å². The molecular formula is C14H12Cl2N2. The van der Waals surface area contributed by atoms with Gasteiger partial charge in [0.15, 0.2) is 0 Å². The van der Waals surface area contributed by atoms with Gasteiger partial charge in [0.1, 0.15) is 0 Å². The molecular weight excluding hydrogens is 267 g/mol. The van der Waals surface area contributed by atoms with Crippen molar-refractivity contribution in [2.24, 2.45) is 5.10 Å². The summed E-state index contributed by atoms with van der Waals surface area (Å²) in [6, 6.07) is 15.2. The minimum atomic E-state index is 0.594. The molecule has 1 N–H and O–H groups in total. The van der Waals surface area contributed by atoms with Gasteiger partial charge < -0.3 is 5.43 Å². The van der Waals surface area contributed by atoms with Gasteiger partial charge in [0.25, 0.3) is 0 Å². The molecule has 2 aromatic rings. The van der Waals surface area contributed by atoms with Gasteiger partial charge in [-0.25, -0.2) is 0 Å². The molecule has 0 spiro atoms. The van der Waals surface area contributed by atoms with E-state index in [1.54, 1.807) is 6.21 Å². The number of rotatable bonds is 4. The number of hydrogen-bond acceptors (Lipinski definition) is 2. The van der Waals surface area contributed by atoms with Crippen molar-refractivity contribution < 1.29 is 0 Å². The van der Waals surface area contributed by atoms with Crippen LogP contribution < -0.4 is 5.43 Å². The van der Waals surface area contributed by atoms with Gasteiger partial charge in [-0.15, -0.1) is 0 Å². The Morgan fingerprint density at radius 3 is 2.67 bits per heavy atom. The van der Waals surface area contributed by atoms with Gasteiger partial charge in [0, 0.05) is 10.0 Å². The van der Waals surface area contributed by atoms with E-state index < -0.39 is 0 Å². The molecule has 0 amide bonds. The van der Waals surface area contributed by atoms with Gasteiger partial charge in [-0.1, -0.05) is 53.5 Å². The Balaban J connectivity index is 1.91. The first-order chi connectivity index (χ1) is 8.75. The highest BCUT2D eigenvalue weighted by atomic mass is 35.5. The number of hydrogen-bond donors (Lipinski definition) is 1. The highest BCUT2D eigenvalue weighted by Crippen LogP contribution is 2.14. The molecule has 0 aliphatic rings. The zero-order chi connectivity index (χ0) is 12.8. The number of benzene rings is 2. The molecule has 0 aromatic heterocycles. The molecule has 0 heterocycles. The molecule has 18 heavy (non-hydrogen) atoms. The predicted octanol–water partition coefficient (Wildman–Crippen LogP) is 4.12. The standard InChI is InChI=1S/C14H12Cl2N2/c15-13-6-3-4-11(8-13)9-17-18-10-12-5-1-2-7-14(12)16/h1-9,18H,10H2/b17-9-. The fraction of sp³-hybridized carbons (Fsp3) is 0.0714. The Labute approximate surface area is 116 Å². The van der Waals surface area contributed by atoms with Crippen LogP contribution in [0.4, 0.5) is 0 Å². The third-order valence-corrected chi connectivity index (χ3v) is 2.98. The first-order valence-corrected chi connectivity index (χ1v) is 6.26. The Kier molecular flexibility index (Phi) is 4.62. The second-order valence-electron chi connectivity index (χ2n) is 3.74.